The van der Waals surface area contributed by atoms with Gasteiger partial charge < -0.3 is 50.0 Å². The minimum atomic E-state index is -1.47. The number of aliphatic hydroxyl groups is 2. The molecule has 0 saturated heterocycles. The highest BCUT2D eigenvalue weighted by Crippen LogP contribution is 2.47. The van der Waals surface area contributed by atoms with Crippen LogP contribution in [0.5, 0.6) is 29.3 Å². The molecular formula is C40H42Cl2F2N4O10. The van der Waals surface area contributed by atoms with Crippen molar-refractivity contribution in [2.75, 3.05) is 27.3 Å². The SMILES string of the molecule is COc1nc(Oc2ccc(-c3cccc4c3C[C@H](F)[C@@H]4Oc3nc(OC)c(CNC[C@@H](O)CC(=O)O)cc3Cl)c3c2C[C@@H](F)C3)c(Cl)cc1CNC[C@@H](O)CC(=O)O. The van der Waals surface area contributed by atoms with E-state index in [1.54, 1.807) is 36.4 Å². The molecule has 0 unspecified atom stereocenters. The van der Waals surface area contributed by atoms with Gasteiger partial charge in [-0.1, -0.05) is 47.5 Å². The molecule has 4 aromatic rings. The maximum absolute atomic E-state index is 16.0. The van der Waals surface area contributed by atoms with Crippen LogP contribution in [0.4, 0.5) is 8.78 Å². The number of pyridine rings is 2. The first-order valence-corrected chi connectivity index (χ1v) is 19.1. The van der Waals surface area contributed by atoms with Crippen LogP contribution in [-0.2, 0) is 41.9 Å². The Morgan fingerprint density at radius 2 is 1.33 bits per heavy atom. The molecule has 0 fully saturated rings. The van der Waals surface area contributed by atoms with Gasteiger partial charge >= 0.3 is 11.9 Å². The van der Waals surface area contributed by atoms with E-state index in [2.05, 4.69) is 20.6 Å². The van der Waals surface area contributed by atoms with Crippen molar-refractivity contribution in [1.29, 1.82) is 0 Å². The number of rotatable bonds is 19. The summed E-state index contributed by atoms with van der Waals surface area (Å²) in [5, 5.41) is 43.6. The van der Waals surface area contributed by atoms with Gasteiger partial charge in [-0.3, -0.25) is 9.59 Å². The number of halogens is 4. The first kappa shape index (κ1) is 42.8. The van der Waals surface area contributed by atoms with Gasteiger partial charge in [0.15, 0.2) is 6.10 Å². The molecule has 2 aromatic carbocycles. The standard InChI is InChI=1S/C40H42Cl2F2N4O10/c1-55-37-19(15-45-17-22(49)12-34(51)52)8-30(41)39(47-37)57-33-7-6-25(27-10-21(43)11-29(27)33)24-4-3-5-26-28(24)14-32(44)36(26)58-40-31(42)9-20(38(48-40)56-2)16-46-18-23(50)13-35(53)54/h3-9,21-23,32,36,45-46,49-50H,10-18H2,1-2H3,(H,51,52)(H,53,54)/t21-,22-,23-,32-,36+/m0/s1. The van der Waals surface area contributed by atoms with Gasteiger partial charge in [-0.15, -0.1) is 0 Å². The fourth-order valence-corrected chi connectivity index (χ4v) is 7.68. The monoisotopic (exact) mass is 846 g/mol. The molecule has 5 atom stereocenters. The lowest BCUT2D eigenvalue weighted by molar-refractivity contribution is -0.140. The van der Waals surface area contributed by atoms with Crippen molar-refractivity contribution in [1.82, 2.24) is 20.6 Å². The van der Waals surface area contributed by atoms with Crippen LogP contribution < -0.4 is 29.6 Å². The Labute approximate surface area is 342 Å². The molecule has 2 aromatic heterocycles. The summed E-state index contributed by atoms with van der Waals surface area (Å²) in [4.78, 5) is 30.5. The number of aliphatic hydroxyl groups excluding tert-OH is 2. The molecule has 2 aliphatic carbocycles. The molecule has 310 valence electrons. The molecule has 6 N–H and O–H groups in total. The number of aliphatic carboxylic acids is 2. The van der Waals surface area contributed by atoms with E-state index in [0.717, 1.165) is 11.1 Å². The van der Waals surface area contributed by atoms with Crippen LogP contribution in [0.1, 0.15) is 52.3 Å². The van der Waals surface area contributed by atoms with Crippen molar-refractivity contribution >= 4 is 35.1 Å². The number of alkyl halides is 2. The maximum Gasteiger partial charge on any atom is 0.306 e. The van der Waals surface area contributed by atoms with Gasteiger partial charge in [-0.2, -0.15) is 9.97 Å². The minimum Gasteiger partial charge on any atom is -0.481 e. The smallest absolute Gasteiger partial charge is 0.306 e. The quantitative estimate of drug-likeness (QED) is 0.0685. The van der Waals surface area contributed by atoms with Crippen LogP contribution in [0.15, 0.2) is 42.5 Å². The molecule has 0 spiro atoms. The summed E-state index contributed by atoms with van der Waals surface area (Å²) in [6.07, 6.45) is -6.58. The number of methoxy groups -OCH3 is 2. The molecule has 2 heterocycles. The van der Waals surface area contributed by atoms with Crippen LogP contribution in [0, 0.1) is 0 Å². The van der Waals surface area contributed by atoms with E-state index in [9.17, 15) is 19.8 Å². The number of aromatic nitrogens is 2. The third-order valence-electron chi connectivity index (χ3n) is 9.79. The molecule has 18 heteroatoms. The molecule has 0 radical (unpaired) electrons. The molecule has 0 amide bonds. The average Bonchev–Trinajstić information content (AvgIpc) is 3.71. The maximum atomic E-state index is 16.0. The van der Waals surface area contributed by atoms with Crippen LogP contribution in [0.3, 0.4) is 0 Å². The van der Waals surface area contributed by atoms with E-state index in [-0.39, 0.29) is 79.0 Å². The van der Waals surface area contributed by atoms with E-state index >= 15 is 8.78 Å². The van der Waals surface area contributed by atoms with Crippen LogP contribution in [0.2, 0.25) is 10.0 Å². The molecule has 58 heavy (non-hydrogen) atoms. The summed E-state index contributed by atoms with van der Waals surface area (Å²) in [5.74, 6) is -1.60. The predicted octanol–water partition coefficient (Wildman–Crippen LogP) is 5.56. The van der Waals surface area contributed by atoms with E-state index in [1.165, 1.54) is 14.2 Å². The minimum absolute atomic E-state index is 0.00211. The van der Waals surface area contributed by atoms with E-state index in [1.807, 2.05) is 6.07 Å². The van der Waals surface area contributed by atoms with Crippen LogP contribution in [0.25, 0.3) is 11.1 Å². The lowest BCUT2D eigenvalue weighted by Gasteiger charge is -2.20. The molecule has 2 aliphatic rings. The van der Waals surface area contributed by atoms with E-state index in [4.69, 9.17) is 52.4 Å². The number of hydrogen-bond donors (Lipinski definition) is 6. The van der Waals surface area contributed by atoms with Crippen molar-refractivity contribution in [2.45, 2.75) is 75.8 Å². The first-order valence-electron chi connectivity index (χ1n) is 18.3. The van der Waals surface area contributed by atoms with Crippen LogP contribution in [-0.4, -0.2) is 94.2 Å². The fraction of sp³-hybridized carbons (Fsp3) is 0.400. The van der Waals surface area contributed by atoms with Crippen molar-refractivity contribution in [2.24, 2.45) is 0 Å². The molecule has 0 saturated carbocycles. The zero-order valence-electron chi connectivity index (χ0n) is 31.4. The van der Waals surface area contributed by atoms with Crippen molar-refractivity contribution < 1.29 is 57.7 Å². The first-order chi connectivity index (χ1) is 27.8. The number of benzene rings is 2. The summed E-state index contributed by atoms with van der Waals surface area (Å²) in [7, 11) is 2.81. The normalized spacial score (nSPS) is 18.0. The Hall–Kier alpha value is -4.84. The van der Waals surface area contributed by atoms with Gasteiger partial charge in [0.1, 0.15) is 28.1 Å². The number of hydrogen-bond acceptors (Lipinski definition) is 12. The number of carboxylic acids is 2. The summed E-state index contributed by atoms with van der Waals surface area (Å²) < 4.78 is 54.4. The van der Waals surface area contributed by atoms with E-state index in [0.29, 0.717) is 39.1 Å². The second-order valence-electron chi connectivity index (χ2n) is 14.0. The van der Waals surface area contributed by atoms with Gasteiger partial charge in [-0.05, 0) is 46.0 Å². The van der Waals surface area contributed by atoms with Crippen molar-refractivity contribution in [3.05, 3.63) is 85.9 Å². The van der Waals surface area contributed by atoms with Gasteiger partial charge in [0, 0.05) is 62.1 Å². The topological polar surface area (TPSA) is 202 Å². The lowest BCUT2D eigenvalue weighted by atomic mass is 9.91. The molecule has 14 nitrogen and oxygen atoms in total. The number of carbonyl (C=O) groups is 2. The summed E-state index contributed by atoms with van der Waals surface area (Å²) in [6.45, 7) is 0.331. The Bertz CT molecular complexity index is 2170. The molecule has 6 rings (SSSR count). The highest BCUT2D eigenvalue weighted by Gasteiger charge is 2.38. The Morgan fingerprint density at radius 3 is 1.91 bits per heavy atom. The fourth-order valence-electron chi connectivity index (χ4n) is 7.24. The second kappa shape index (κ2) is 18.8. The number of carboxylic acid groups (broad SMARTS) is 2. The van der Waals surface area contributed by atoms with Crippen molar-refractivity contribution in [3.63, 3.8) is 0 Å². The van der Waals surface area contributed by atoms with Gasteiger partial charge in [0.2, 0.25) is 23.5 Å². The molecular weight excluding hydrogens is 805 g/mol. The molecule has 0 bridgehead atoms. The Kier molecular flexibility index (Phi) is 13.9. The zero-order chi connectivity index (χ0) is 41.7. The number of nitrogens with zero attached hydrogens (tertiary/aromatic N) is 2. The van der Waals surface area contributed by atoms with Crippen molar-refractivity contribution in [3.8, 4) is 40.4 Å². The predicted molar refractivity (Wildman–Crippen MR) is 208 cm³/mol. The molecule has 0 aliphatic heterocycles. The lowest BCUT2D eigenvalue weighted by Crippen LogP contribution is -2.28. The third-order valence-corrected chi connectivity index (χ3v) is 10.3. The second-order valence-corrected chi connectivity index (χ2v) is 14.8. The third kappa shape index (κ3) is 9.88. The van der Waals surface area contributed by atoms with E-state index < -0.39 is 55.4 Å². The summed E-state index contributed by atoms with van der Waals surface area (Å²) in [5.41, 5.74) is 5.08. The largest absolute Gasteiger partial charge is 0.481 e. The van der Waals surface area contributed by atoms with Gasteiger partial charge in [-0.25, -0.2) is 8.78 Å². The number of ether oxygens (including phenoxy) is 4. The average molecular weight is 848 g/mol. The highest BCUT2D eigenvalue weighted by atomic mass is 35.5. The number of nitrogens with one attached hydrogen (secondary N) is 2. The summed E-state index contributed by atoms with van der Waals surface area (Å²) >= 11 is 13.1. The number of fused-ring (bicyclic) bond motifs is 2. The Morgan fingerprint density at radius 1 is 0.776 bits per heavy atom. The summed E-state index contributed by atoms with van der Waals surface area (Å²) in [6, 6.07) is 12.0. The Balaban J connectivity index is 1.22. The van der Waals surface area contributed by atoms with Gasteiger partial charge in [0.05, 0.1) is 39.3 Å². The van der Waals surface area contributed by atoms with Gasteiger partial charge in [0.25, 0.3) is 0 Å². The highest BCUT2D eigenvalue weighted by molar-refractivity contribution is 6.32. The van der Waals surface area contributed by atoms with Crippen LogP contribution >= 0.6 is 23.2 Å². The zero-order valence-corrected chi connectivity index (χ0v) is 32.9.